The lowest BCUT2D eigenvalue weighted by atomic mass is 9.96. The Hall–Kier alpha value is -2.53. The molecular weight excluding hydrogens is 388 g/mol. The molecule has 0 aliphatic carbocycles. The summed E-state index contributed by atoms with van der Waals surface area (Å²) in [5.41, 5.74) is 7.59. The molecule has 4 heterocycles. The Kier molecular flexibility index (Phi) is 3.64. The SMILES string of the molecule is Cc1cccc(-c2nn3c(c2-c2ccnc4cc(Br)ccc24)CCC3)n1. The number of hydrogen-bond donors (Lipinski definition) is 0. The Morgan fingerprint density at radius 2 is 2.04 bits per heavy atom. The van der Waals surface area contributed by atoms with Crippen molar-refractivity contribution < 1.29 is 0 Å². The van der Waals surface area contributed by atoms with E-state index in [1.54, 1.807) is 0 Å². The third-order valence-corrected chi connectivity index (χ3v) is 5.44. The van der Waals surface area contributed by atoms with Crippen LogP contribution in [0.5, 0.6) is 0 Å². The number of nitrogens with zero attached hydrogens (tertiary/aromatic N) is 4. The molecule has 0 saturated carbocycles. The molecule has 1 aliphatic heterocycles. The molecule has 1 aromatic carbocycles. The highest BCUT2D eigenvalue weighted by molar-refractivity contribution is 9.10. The predicted molar refractivity (Wildman–Crippen MR) is 107 cm³/mol. The lowest BCUT2D eigenvalue weighted by Crippen LogP contribution is -1.95. The van der Waals surface area contributed by atoms with Crippen molar-refractivity contribution in [2.75, 3.05) is 0 Å². The number of aromatic nitrogens is 4. The molecule has 0 amide bonds. The minimum absolute atomic E-state index is 0.934. The van der Waals surface area contributed by atoms with Gasteiger partial charge in [0.05, 0.1) is 11.2 Å². The van der Waals surface area contributed by atoms with Crippen molar-refractivity contribution in [1.29, 1.82) is 0 Å². The molecule has 0 atom stereocenters. The Morgan fingerprint density at radius 3 is 2.92 bits per heavy atom. The largest absolute Gasteiger partial charge is 0.268 e. The van der Waals surface area contributed by atoms with Crippen molar-refractivity contribution in [3.8, 4) is 22.5 Å². The first kappa shape index (κ1) is 15.7. The van der Waals surface area contributed by atoms with Crippen LogP contribution in [0.3, 0.4) is 0 Å². The van der Waals surface area contributed by atoms with Gasteiger partial charge in [-0.2, -0.15) is 5.10 Å². The third kappa shape index (κ3) is 2.46. The summed E-state index contributed by atoms with van der Waals surface area (Å²) in [4.78, 5) is 9.29. The molecule has 1 aliphatic rings. The zero-order chi connectivity index (χ0) is 17.7. The molecule has 0 bridgehead atoms. The Morgan fingerprint density at radius 1 is 1.12 bits per heavy atom. The standard InChI is InChI=1S/C21H17BrN4/c1-13-4-2-5-17(24-13)21-20(19-6-3-11-26(19)25-21)16-9-10-23-18-12-14(22)7-8-15(16)18/h2,4-5,7-10,12H,3,6,11H2,1H3. The maximum atomic E-state index is 4.93. The van der Waals surface area contributed by atoms with Gasteiger partial charge in [-0.15, -0.1) is 0 Å². The van der Waals surface area contributed by atoms with E-state index in [4.69, 9.17) is 10.1 Å². The van der Waals surface area contributed by atoms with Gasteiger partial charge in [0.15, 0.2) is 0 Å². The second kappa shape index (κ2) is 6.02. The van der Waals surface area contributed by atoms with E-state index in [2.05, 4.69) is 55.9 Å². The molecule has 0 spiro atoms. The fraction of sp³-hybridized carbons (Fsp3) is 0.190. The normalized spacial score (nSPS) is 13.3. The zero-order valence-corrected chi connectivity index (χ0v) is 16.0. The summed E-state index contributed by atoms with van der Waals surface area (Å²) in [7, 11) is 0. The molecule has 5 heteroatoms. The average molecular weight is 405 g/mol. The van der Waals surface area contributed by atoms with Crippen molar-refractivity contribution in [1.82, 2.24) is 19.7 Å². The molecule has 0 saturated heterocycles. The Labute approximate surface area is 160 Å². The van der Waals surface area contributed by atoms with E-state index in [1.165, 1.54) is 16.8 Å². The highest BCUT2D eigenvalue weighted by atomic mass is 79.9. The second-order valence-corrected chi connectivity index (χ2v) is 7.60. The van der Waals surface area contributed by atoms with Gasteiger partial charge in [-0.05, 0) is 55.7 Å². The summed E-state index contributed by atoms with van der Waals surface area (Å²) < 4.78 is 3.19. The van der Waals surface area contributed by atoms with Crippen molar-refractivity contribution in [3.63, 3.8) is 0 Å². The maximum Gasteiger partial charge on any atom is 0.119 e. The lowest BCUT2D eigenvalue weighted by Gasteiger charge is -2.09. The van der Waals surface area contributed by atoms with Gasteiger partial charge in [-0.3, -0.25) is 14.6 Å². The summed E-state index contributed by atoms with van der Waals surface area (Å²) in [5, 5.41) is 6.07. The van der Waals surface area contributed by atoms with Crippen LogP contribution in [-0.2, 0) is 13.0 Å². The molecule has 128 valence electrons. The molecule has 0 unspecified atom stereocenters. The number of hydrogen-bond acceptors (Lipinski definition) is 3. The van der Waals surface area contributed by atoms with E-state index in [1.807, 2.05) is 25.3 Å². The highest BCUT2D eigenvalue weighted by Crippen LogP contribution is 2.39. The fourth-order valence-corrected chi connectivity index (χ4v) is 4.16. The topological polar surface area (TPSA) is 43.6 Å². The van der Waals surface area contributed by atoms with E-state index in [9.17, 15) is 0 Å². The molecule has 0 radical (unpaired) electrons. The van der Waals surface area contributed by atoms with Gasteiger partial charge >= 0.3 is 0 Å². The van der Waals surface area contributed by atoms with Crippen molar-refractivity contribution in [2.45, 2.75) is 26.3 Å². The van der Waals surface area contributed by atoms with Crippen LogP contribution in [-0.4, -0.2) is 19.7 Å². The quantitative estimate of drug-likeness (QED) is 0.462. The first-order valence-corrected chi connectivity index (χ1v) is 9.58. The summed E-state index contributed by atoms with van der Waals surface area (Å²) in [5.74, 6) is 0. The molecule has 0 fully saturated rings. The Bertz CT molecular complexity index is 1150. The molecular formula is C21H17BrN4. The van der Waals surface area contributed by atoms with Gasteiger partial charge in [0, 0.05) is 39.6 Å². The monoisotopic (exact) mass is 404 g/mol. The maximum absolute atomic E-state index is 4.93. The summed E-state index contributed by atoms with van der Waals surface area (Å²) >= 11 is 3.55. The Balaban J connectivity index is 1.83. The van der Waals surface area contributed by atoms with Crippen LogP contribution in [0.4, 0.5) is 0 Å². The van der Waals surface area contributed by atoms with Crippen molar-refractivity contribution in [3.05, 3.63) is 64.5 Å². The van der Waals surface area contributed by atoms with Crippen molar-refractivity contribution in [2.24, 2.45) is 0 Å². The lowest BCUT2D eigenvalue weighted by molar-refractivity contribution is 0.658. The molecule has 0 N–H and O–H groups in total. The summed E-state index contributed by atoms with van der Waals surface area (Å²) in [6.07, 6.45) is 4.08. The minimum Gasteiger partial charge on any atom is -0.268 e. The van der Waals surface area contributed by atoms with Gasteiger partial charge in [0.1, 0.15) is 5.69 Å². The van der Waals surface area contributed by atoms with Crippen LogP contribution in [0.2, 0.25) is 0 Å². The number of pyridine rings is 2. The molecule has 5 rings (SSSR count). The fourth-order valence-electron chi connectivity index (χ4n) is 3.81. The van der Waals surface area contributed by atoms with Gasteiger partial charge in [0.25, 0.3) is 0 Å². The molecule has 4 nitrogen and oxygen atoms in total. The summed E-state index contributed by atoms with van der Waals surface area (Å²) in [6.45, 7) is 3.00. The van der Waals surface area contributed by atoms with Crippen LogP contribution >= 0.6 is 15.9 Å². The number of fused-ring (bicyclic) bond motifs is 2. The minimum atomic E-state index is 0.934. The number of benzene rings is 1. The van der Waals surface area contributed by atoms with E-state index >= 15 is 0 Å². The first-order chi connectivity index (χ1) is 12.7. The highest BCUT2D eigenvalue weighted by Gasteiger charge is 2.25. The third-order valence-electron chi connectivity index (χ3n) is 4.95. The molecule has 26 heavy (non-hydrogen) atoms. The van der Waals surface area contributed by atoms with Gasteiger partial charge in [0.2, 0.25) is 0 Å². The van der Waals surface area contributed by atoms with Crippen LogP contribution in [0.15, 0.2) is 53.1 Å². The molecule has 3 aromatic heterocycles. The predicted octanol–water partition coefficient (Wildman–Crippen LogP) is 5.18. The average Bonchev–Trinajstić information content (AvgIpc) is 3.22. The number of rotatable bonds is 2. The van der Waals surface area contributed by atoms with E-state index in [0.29, 0.717) is 0 Å². The second-order valence-electron chi connectivity index (χ2n) is 6.68. The number of aryl methyl sites for hydroxylation is 2. The van der Waals surface area contributed by atoms with Crippen LogP contribution in [0.1, 0.15) is 17.8 Å². The van der Waals surface area contributed by atoms with E-state index in [-0.39, 0.29) is 0 Å². The van der Waals surface area contributed by atoms with Gasteiger partial charge in [-0.25, -0.2) is 0 Å². The van der Waals surface area contributed by atoms with Crippen molar-refractivity contribution >= 4 is 26.8 Å². The van der Waals surface area contributed by atoms with E-state index < -0.39 is 0 Å². The van der Waals surface area contributed by atoms with Gasteiger partial charge in [-0.1, -0.05) is 28.1 Å². The zero-order valence-electron chi connectivity index (χ0n) is 14.4. The van der Waals surface area contributed by atoms with Crippen LogP contribution in [0.25, 0.3) is 33.4 Å². The van der Waals surface area contributed by atoms with Crippen LogP contribution < -0.4 is 0 Å². The summed E-state index contributed by atoms with van der Waals surface area (Å²) in [6, 6.07) is 14.5. The molecule has 4 aromatic rings. The smallest absolute Gasteiger partial charge is 0.119 e. The van der Waals surface area contributed by atoms with E-state index in [0.717, 1.165) is 51.8 Å². The number of halogens is 1. The van der Waals surface area contributed by atoms with Crippen LogP contribution in [0, 0.1) is 6.92 Å². The first-order valence-electron chi connectivity index (χ1n) is 8.79. The van der Waals surface area contributed by atoms with Gasteiger partial charge < -0.3 is 0 Å².